The number of hydrogen-bond donors (Lipinski definition) is 2. The van der Waals surface area contributed by atoms with Gasteiger partial charge in [-0.05, 0) is 48.7 Å². The Bertz CT molecular complexity index is 1070. The van der Waals surface area contributed by atoms with Gasteiger partial charge in [-0.15, -0.1) is 0 Å². The quantitative estimate of drug-likeness (QED) is 0.0319. The number of aliphatic hydroxyl groups excluding tert-OH is 1. The van der Waals surface area contributed by atoms with Gasteiger partial charge in [0.05, 0.1) is 4.92 Å². The lowest BCUT2D eigenvalue weighted by Gasteiger charge is -2.10. The Hall–Kier alpha value is -3.19. The summed E-state index contributed by atoms with van der Waals surface area (Å²) in [4.78, 5) is 22.3. The van der Waals surface area contributed by atoms with Crippen molar-refractivity contribution in [3.05, 3.63) is 75.9 Å². The van der Waals surface area contributed by atoms with Crippen LogP contribution in [0.5, 0.6) is 11.5 Å². The Morgan fingerprint density at radius 2 is 1.36 bits per heavy atom. The van der Waals surface area contributed by atoms with Crippen LogP contribution in [0.1, 0.15) is 132 Å². The van der Waals surface area contributed by atoms with E-state index in [0.717, 1.165) is 18.6 Å². The van der Waals surface area contributed by atoms with Crippen molar-refractivity contribution >= 4 is 11.5 Å². The molecule has 2 rings (SSSR count). The van der Waals surface area contributed by atoms with Gasteiger partial charge in [-0.3, -0.25) is 14.9 Å². The molecule has 7 nitrogen and oxygen atoms in total. The van der Waals surface area contributed by atoms with Gasteiger partial charge in [-0.2, -0.15) is 0 Å². The number of carbonyl (C=O) groups is 1. The van der Waals surface area contributed by atoms with Crippen LogP contribution in [0.2, 0.25) is 0 Å². The Balaban J connectivity index is 1.50. The molecule has 1 unspecified atom stereocenters. The van der Waals surface area contributed by atoms with Crippen molar-refractivity contribution in [3.63, 3.8) is 0 Å². The van der Waals surface area contributed by atoms with Gasteiger partial charge < -0.3 is 14.9 Å². The van der Waals surface area contributed by atoms with E-state index >= 15 is 0 Å². The molecule has 232 valence electrons. The molecule has 0 aromatic heterocycles. The highest BCUT2D eigenvalue weighted by atomic mass is 16.6. The first-order valence-electron chi connectivity index (χ1n) is 16.0. The van der Waals surface area contributed by atoms with Crippen LogP contribution in [0.3, 0.4) is 0 Å². The second kappa shape index (κ2) is 21.5. The lowest BCUT2D eigenvalue weighted by atomic mass is 10.0. The van der Waals surface area contributed by atoms with Gasteiger partial charge in [-0.1, -0.05) is 121 Å². The number of rotatable bonds is 24. The summed E-state index contributed by atoms with van der Waals surface area (Å²) in [6.07, 6.45) is 24.4. The van der Waals surface area contributed by atoms with Crippen molar-refractivity contribution < 1.29 is 24.7 Å². The average Bonchev–Trinajstić information content (AvgIpc) is 2.97. The van der Waals surface area contributed by atoms with Crippen LogP contribution in [-0.4, -0.2) is 27.2 Å². The van der Waals surface area contributed by atoms with Gasteiger partial charge in [0.25, 0.3) is 0 Å². The molecular weight excluding hydrogens is 530 g/mol. The summed E-state index contributed by atoms with van der Waals surface area (Å²) in [6, 6.07) is 11.2. The lowest BCUT2D eigenvalue weighted by Crippen LogP contribution is -2.12. The first-order chi connectivity index (χ1) is 20.4. The summed E-state index contributed by atoms with van der Waals surface area (Å²) in [5.41, 5.74) is 0.940. The van der Waals surface area contributed by atoms with E-state index in [1.165, 1.54) is 127 Å². The van der Waals surface area contributed by atoms with Crippen molar-refractivity contribution in [2.24, 2.45) is 0 Å². The van der Waals surface area contributed by atoms with Crippen LogP contribution in [0.25, 0.3) is 0 Å². The van der Waals surface area contributed by atoms with Crippen LogP contribution >= 0.6 is 0 Å². The standard InChI is InChI=1S/C35H51NO6/c1-2-3-4-5-6-7-8-9-10-11-12-13-14-15-16-17-19-29-22-25-31(26-23-29)42-35(39)21-18-20-33(37)30-24-27-32(36(40)41)34(38)28-30/h18,21-28,35,38-39H,2-17,19-20H2,1H3. The van der Waals surface area contributed by atoms with Gasteiger partial charge in [0.1, 0.15) is 5.75 Å². The topological polar surface area (TPSA) is 110 Å². The number of aromatic hydroxyl groups is 1. The molecule has 0 heterocycles. The predicted octanol–water partition coefficient (Wildman–Crippen LogP) is 9.63. The summed E-state index contributed by atoms with van der Waals surface area (Å²) in [6.45, 7) is 2.27. The van der Waals surface area contributed by atoms with E-state index in [9.17, 15) is 25.1 Å². The van der Waals surface area contributed by atoms with E-state index in [0.29, 0.717) is 5.75 Å². The number of phenolic OH excluding ortho intramolecular Hbond substituents is 1. The number of allylic oxidation sites excluding steroid dienone is 1. The zero-order chi connectivity index (χ0) is 30.4. The van der Waals surface area contributed by atoms with Crippen molar-refractivity contribution in [2.75, 3.05) is 0 Å². The largest absolute Gasteiger partial charge is 0.502 e. The van der Waals surface area contributed by atoms with Gasteiger partial charge in [0.2, 0.25) is 6.29 Å². The van der Waals surface area contributed by atoms with E-state index < -0.39 is 22.7 Å². The Labute approximate surface area is 252 Å². The van der Waals surface area contributed by atoms with Crippen LogP contribution in [0, 0.1) is 10.1 Å². The van der Waals surface area contributed by atoms with Gasteiger partial charge >= 0.3 is 5.69 Å². The molecule has 7 heteroatoms. The number of benzene rings is 2. The molecule has 0 saturated heterocycles. The minimum Gasteiger partial charge on any atom is -0.502 e. The molecule has 1 atom stereocenters. The lowest BCUT2D eigenvalue weighted by molar-refractivity contribution is -0.385. The number of ketones is 1. The number of Topliss-reactive ketones (excluding diaryl/α,β-unsaturated/α-hetero) is 1. The van der Waals surface area contributed by atoms with Crippen LogP contribution in [0.15, 0.2) is 54.6 Å². The third-order valence-electron chi connectivity index (χ3n) is 7.60. The predicted molar refractivity (Wildman–Crippen MR) is 169 cm³/mol. The Morgan fingerprint density at radius 1 is 0.833 bits per heavy atom. The van der Waals surface area contributed by atoms with E-state index in [2.05, 4.69) is 6.92 Å². The summed E-state index contributed by atoms with van der Waals surface area (Å²) >= 11 is 0. The van der Waals surface area contributed by atoms with E-state index in [1.807, 2.05) is 24.3 Å². The van der Waals surface area contributed by atoms with Crippen molar-refractivity contribution in [1.29, 1.82) is 0 Å². The number of carbonyl (C=O) groups excluding carboxylic acids is 1. The van der Waals surface area contributed by atoms with E-state index in [-0.39, 0.29) is 17.8 Å². The number of unbranched alkanes of at least 4 members (excludes halogenated alkanes) is 15. The highest BCUT2D eigenvalue weighted by molar-refractivity contribution is 5.97. The fourth-order valence-corrected chi connectivity index (χ4v) is 5.05. The highest BCUT2D eigenvalue weighted by Crippen LogP contribution is 2.27. The molecule has 0 aliphatic carbocycles. The molecule has 0 amide bonds. The number of ether oxygens (including phenoxy) is 1. The summed E-state index contributed by atoms with van der Waals surface area (Å²) in [5, 5.41) is 30.6. The molecule has 0 spiro atoms. The fraction of sp³-hybridized carbons (Fsp3) is 0.571. The third kappa shape index (κ3) is 15.2. The molecule has 42 heavy (non-hydrogen) atoms. The highest BCUT2D eigenvalue weighted by Gasteiger charge is 2.15. The molecule has 2 aromatic rings. The van der Waals surface area contributed by atoms with Crippen LogP contribution in [-0.2, 0) is 6.42 Å². The molecule has 0 bridgehead atoms. The van der Waals surface area contributed by atoms with Crippen molar-refractivity contribution in [2.45, 2.75) is 129 Å². The molecule has 2 N–H and O–H groups in total. The molecule has 0 aliphatic rings. The number of nitro benzene ring substituents is 1. The first-order valence-corrected chi connectivity index (χ1v) is 16.0. The molecule has 0 aliphatic heterocycles. The number of nitro groups is 1. The summed E-state index contributed by atoms with van der Waals surface area (Å²) < 4.78 is 5.50. The molecule has 0 radical (unpaired) electrons. The summed E-state index contributed by atoms with van der Waals surface area (Å²) in [5.74, 6) is -0.368. The molecular formula is C35H51NO6. The maximum atomic E-state index is 12.3. The molecule has 2 aromatic carbocycles. The number of aliphatic hydroxyl groups is 1. The Kier molecular flexibility index (Phi) is 17.9. The van der Waals surface area contributed by atoms with E-state index in [1.54, 1.807) is 0 Å². The monoisotopic (exact) mass is 581 g/mol. The van der Waals surface area contributed by atoms with E-state index in [4.69, 9.17) is 4.74 Å². The van der Waals surface area contributed by atoms with Crippen molar-refractivity contribution in [1.82, 2.24) is 0 Å². The zero-order valence-electron chi connectivity index (χ0n) is 25.5. The normalized spacial score (nSPS) is 12.0. The smallest absolute Gasteiger partial charge is 0.310 e. The zero-order valence-corrected chi connectivity index (χ0v) is 25.5. The number of nitrogens with zero attached hydrogens (tertiary/aromatic N) is 1. The number of hydrogen-bond acceptors (Lipinski definition) is 6. The van der Waals surface area contributed by atoms with Gasteiger partial charge in [0, 0.05) is 18.1 Å². The average molecular weight is 582 g/mol. The maximum absolute atomic E-state index is 12.3. The first kappa shape index (κ1) is 35.0. The van der Waals surface area contributed by atoms with Crippen LogP contribution in [0.4, 0.5) is 5.69 Å². The number of phenols is 1. The van der Waals surface area contributed by atoms with Crippen LogP contribution < -0.4 is 4.74 Å². The third-order valence-corrected chi connectivity index (χ3v) is 7.60. The fourth-order valence-electron chi connectivity index (χ4n) is 5.05. The number of aryl methyl sites for hydroxylation is 1. The van der Waals surface area contributed by atoms with Gasteiger partial charge in [0.15, 0.2) is 11.5 Å². The summed E-state index contributed by atoms with van der Waals surface area (Å²) in [7, 11) is 0. The molecule has 0 saturated carbocycles. The second-order valence-corrected chi connectivity index (χ2v) is 11.2. The minimum atomic E-state index is -1.21. The van der Waals surface area contributed by atoms with Gasteiger partial charge in [-0.25, -0.2) is 0 Å². The molecule has 0 fully saturated rings. The second-order valence-electron chi connectivity index (χ2n) is 11.2. The van der Waals surface area contributed by atoms with Crippen molar-refractivity contribution in [3.8, 4) is 11.5 Å². The minimum absolute atomic E-state index is 0.0457. The Morgan fingerprint density at radius 3 is 1.86 bits per heavy atom. The maximum Gasteiger partial charge on any atom is 0.310 e. The SMILES string of the molecule is CCCCCCCCCCCCCCCCCCc1ccc(OC(O)C=CCC(=O)c2ccc([N+](=O)[O-])c(O)c2)cc1.